The Labute approximate surface area is 149 Å². The lowest BCUT2D eigenvalue weighted by atomic mass is 9.66. The summed E-state index contributed by atoms with van der Waals surface area (Å²) in [7, 11) is 0. The third kappa shape index (κ3) is 3.31. The van der Waals surface area contributed by atoms with Crippen LogP contribution in [0.4, 0.5) is 0 Å². The van der Waals surface area contributed by atoms with Crippen LogP contribution < -0.4 is 0 Å². The van der Waals surface area contributed by atoms with E-state index in [1.165, 1.54) is 6.42 Å². The van der Waals surface area contributed by atoms with E-state index in [2.05, 4.69) is 52.4 Å². The van der Waals surface area contributed by atoms with Crippen molar-refractivity contribution in [3.8, 4) is 0 Å². The van der Waals surface area contributed by atoms with Crippen molar-refractivity contribution in [1.29, 1.82) is 0 Å². The van der Waals surface area contributed by atoms with Gasteiger partial charge in [0.2, 0.25) is 0 Å². The van der Waals surface area contributed by atoms with Crippen LogP contribution in [0.15, 0.2) is 30.3 Å². The first-order valence-electron chi connectivity index (χ1n) is 7.31. The first kappa shape index (κ1) is 17.3. The SMILES string of the molecule is CC1(COC(=O)c2ccccc2)CCC(CI)C1(C)CBr. The van der Waals surface area contributed by atoms with Gasteiger partial charge in [-0.1, -0.05) is 70.6 Å². The fourth-order valence-corrected chi connectivity index (χ4v) is 5.77. The summed E-state index contributed by atoms with van der Waals surface area (Å²) in [4.78, 5) is 12.2. The highest BCUT2D eigenvalue weighted by atomic mass is 127. The third-order valence-corrected chi connectivity index (χ3v) is 7.55. The molecule has 3 unspecified atom stereocenters. The Bertz CT molecular complexity index is 493. The molecule has 0 spiro atoms. The van der Waals surface area contributed by atoms with E-state index in [1.54, 1.807) is 12.1 Å². The largest absolute Gasteiger partial charge is 0.461 e. The highest BCUT2D eigenvalue weighted by molar-refractivity contribution is 14.1. The molecule has 0 bridgehead atoms. The topological polar surface area (TPSA) is 26.3 Å². The standard InChI is InChI=1S/C17H22BrIO2/c1-16(9-8-14(10-19)17(16,2)11-18)12-21-15(20)13-6-4-3-5-7-13/h3-7,14H,8-12H2,1-2H3. The summed E-state index contributed by atoms with van der Waals surface area (Å²) in [5, 5.41) is 0.951. The Morgan fingerprint density at radius 1 is 1.38 bits per heavy atom. The van der Waals surface area contributed by atoms with Crippen molar-refractivity contribution in [2.75, 3.05) is 16.4 Å². The van der Waals surface area contributed by atoms with Crippen LogP contribution in [-0.4, -0.2) is 22.3 Å². The van der Waals surface area contributed by atoms with Gasteiger partial charge in [-0.2, -0.15) is 0 Å². The second kappa shape index (κ2) is 6.99. The predicted molar refractivity (Wildman–Crippen MR) is 98.3 cm³/mol. The summed E-state index contributed by atoms with van der Waals surface area (Å²) in [6.07, 6.45) is 2.33. The zero-order valence-electron chi connectivity index (χ0n) is 12.6. The molecule has 4 heteroatoms. The van der Waals surface area contributed by atoms with Gasteiger partial charge in [-0.25, -0.2) is 4.79 Å². The van der Waals surface area contributed by atoms with Crippen molar-refractivity contribution in [2.24, 2.45) is 16.7 Å². The molecule has 1 aliphatic carbocycles. The lowest BCUT2D eigenvalue weighted by Crippen LogP contribution is -2.42. The average molecular weight is 465 g/mol. The number of hydrogen-bond acceptors (Lipinski definition) is 2. The number of hydrogen-bond donors (Lipinski definition) is 0. The van der Waals surface area contributed by atoms with E-state index < -0.39 is 0 Å². The molecule has 1 aliphatic rings. The van der Waals surface area contributed by atoms with E-state index in [-0.39, 0.29) is 16.8 Å². The van der Waals surface area contributed by atoms with Crippen LogP contribution in [0.2, 0.25) is 0 Å². The molecule has 3 atom stereocenters. The first-order valence-corrected chi connectivity index (χ1v) is 9.96. The number of ether oxygens (including phenoxy) is 1. The molecule has 0 amide bonds. The van der Waals surface area contributed by atoms with Gasteiger partial charge in [-0.05, 0) is 36.3 Å². The summed E-state index contributed by atoms with van der Waals surface area (Å²) in [5.41, 5.74) is 0.840. The van der Waals surface area contributed by atoms with Gasteiger partial charge in [0.15, 0.2) is 0 Å². The number of alkyl halides is 2. The maximum atomic E-state index is 12.2. The normalized spacial score (nSPS) is 32.1. The van der Waals surface area contributed by atoms with E-state index in [4.69, 9.17) is 4.74 Å². The number of carbonyl (C=O) groups excluding carboxylic acids is 1. The fraction of sp³-hybridized carbons (Fsp3) is 0.588. The molecule has 0 aliphatic heterocycles. The molecule has 2 nitrogen and oxygen atoms in total. The van der Waals surface area contributed by atoms with Gasteiger partial charge in [0.1, 0.15) is 0 Å². The first-order chi connectivity index (χ1) is 9.97. The molecule has 116 valence electrons. The average Bonchev–Trinajstić information content (AvgIpc) is 2.78. The molecule has 0 saturated heterocycles. The lowest BCUT2D eigenvalue weighted by molar-refractivity contribution is -0.000488. The van der Waals surface area contributed by atoms with Crippen molar-refractivity contribution in [3.05, 3.63) is 35.9 Å². The minimum Gasteiger partial charge on any atom is -0.461 e. The van der Waals surface area contributed by atoms with Crippen LogP contribution in [0.1, 0.15) is 37.0 Å². The summed E-state index contributed by atoms with van der Waals surface area (Å²) < 4.78 is 6.80. The summed E-state index contributed by atoms with van der Waals surface area (Å²) in [5.74, 6) is 0.463. The van der Waals surface area contributed by atoms with Crippen LogP contribution in [0.25, 0.3) is 0 Å². The molecule has 0 heterocycles. The lowest BCUT2D eigenvalue weighted by Gasteiger charge is -2.42. The van der Waals surface area contributed by atoms with E-state index in [0.717, 1.165) is 16.2 Å². The summed E-state index contributed by atoms with van der Waals surface area (Å²) in [6.45, 7) is 5.09. The van der Waals surface area contributed by atoms with Crippen molar-refractivity contribution in [1.82, 2.24) is 0 Å². The van der Waals surface area contributed by atoms with Crippen LogP contribution in [0, 0.1) is 16.7 Å². The van der Waals surface area contributed by atoms with Gasteiger partial charge in [0, 0.05) is 15.2 Å². The van der Waals surface area contributed by atoms with E-state index in [1.807, 2.05) is 18.2 Å². The quantitative estimate of drug-likeness (QED) is 0.344. The number of rotatable bonds is 5. The van der Waals surface area contributed by atoms with Crippen LogP contribution >= 0.6 is 38.5 Å². The van der Waals surface area contributed by atoms with Crippen molar-refractivity contribution in [2.45, 2.75) is 26.7 Å². The second-order valence-corrected chi connectivity index (χ2v) is 7.89. The number of esters is 1. The van der Waals surface area contributed by atoms with Crippen LogP contribution in [-0.2, 0) is 4.74 Å². The molecule has 2 rings (SSSR count). The fourth-order valence-electron chi connectivity index (χ4n) is 3.23. The second-order valence-electron chi connectivity index (χ2n) is 6.44. The molecule has 0 radical (unpaired) electrons. The van der Waals surface area contributed by atoms with Crippen molar-refractivity contribution in [3.63, 3.8) is 0 Å². The number of benzene rings is 1. The zero-order chi connectivity index (χ0) is 15.5. The Kier molecular flexibility index (Phi) is 5.74. The monoisotopic (exact) mass is 464 g/mol. The highest BCUT2D eigenvalue weighted by Gasteiger charge is 2.53. The molecule has 0 aromatic heterocycles. The van der Waals surface area contributed by atoms with E-state index >= 15 is 0 Å². The molecule has 21 heavy (non-hydrogen) atoms. The smallest absolute Gasteiger partial charge is 0.338 e. The van der Waals surface area contributed by atoms with E-state index in [9.17, 15) is 4.79 Å². The van der Waals surface area contributed by atoms with Gasteiger partial charge >= 0.3 is 5.97 Å². The highest BCUT2D eigenvalue weighted by Crippen LogP contribution is 2.57. The van der Waals surface area contributed by atoms with E-state index in [0.29, 0.717) is 18.1 Å². The Morgan fingerprint density at radius 3 is 2.62 bits per heavy atom. The predicted octanol–water partition coefficient (Wildman–Crippen LogP) is 5.10. The van der Waals surface area contributed by atoms with Crippen LogP contribution in [0.3, 0.4) is 0 Å². The number of halogens is 2. The summed E-state index contributed by atoms with van der Waals surface area (Å²) in [6, 6.07) is 9.24. The molecule has 1 aromatic rings. The molecule has 1 saturated carbocycles. The van der Waals surface area contributed by atoms with Gasteiger partial charge in [0.05, 0.1) is 12.2 Å². The number of carbonyl (C=O) groups is 1. The maximum Gasteiger partial charge on any atom is 0.338 e. The van der Waals surface area contributed by atoms with Crippen molar-refractivity contribution >= 4 is 44.5 Å². The van der Waals surface area contributed by atoms with Gasteiger partial charge in [-0.3, -0.25) is 0 Å². The Hall–Kier alpha value is -0.100. The van der Waals surface area contributed by atoms with Gasteiger partial charge in [0.25, 0.3) is 0 Å². The molecular weight excluding hydrogens is 443 g/mol. The molecular formula is C17H22BrIO2. The Balaban J connectivity index is 2.06. The van der Waals surface area contributed by atoms with Crippen molar-refractivity contribution < 1.29 is 9.53 Å². The summed E-state index contributed by atoms with van der Waals surface area (Å²) >= 11 is 6.17. The van der Waals surface area contributed by atoms with Gasteiger partial charge < -0.3 is 4.74 Å². The third-order valence-electron chi connectivity index (χ3n) is 5.32. The zero-order valence-corrected chi connectivity index (χ0v) is 16.3. The molecule has 1 aromatic carbocycles. The van der Waals surface area contributed by atoms with Crippen LogP contribution in [0.5, 0.6) is 0 Å². The Morgan fingerprint density at radius 2 is 2.05 bits per heavy atom. The maximum absolute atomic E-state index is 12.2. The molecule has 0 N–H and O–H groups in total. The molecule has 1 fully saturated rings. The minimum absolute atomic E-state index is 0.0385. The van der Waals surface area contributed by atoms with Gasteiger partial charge in [-0.15, -0.1) is 0 Å². The minimum atomic E-state index is -0.216.